The molecule has 2 aliphatic rings. The Labute approximate surface area is 99.4 Å². The van der Waals surface area contributed by atoms with Crippen molar-refractivity contribution >= 4 is 0 Å². The highest BCUT2D eigenvalue weighted by atomic mass is 16.3. The molecule has 1 saturated carbocycles. The first-order valence-corrected chi connectivity index (χ1v) is 6.95. The molecule has 0 amide bonds. The lowest BCUT2D eigenvalue weighted by Gasteiger charge is -2.42. The van der Waals surface area contributed by atoms with Gasteiger partial charge in [0.2, 0.25) is 0 Å². The molecular formula is C13H26N2O. The van der Waals surface area contributed by atoms with Gasteiger partial charge in [-0.1, -0.05) is 19.8 Å². The van der Waals surface area contributed by atoms with Gasteiger partial charge in [-0.15, -0.1) is 0 Å². The Kier molecular flexibility index (Phi) is 4.62. The number of aliphatic hydroxyl groups excluding tert-OH is 1. The van der Waals surface area contributed by atoms with Gasteiger partial charge >= 0.3 is 0 Å². The number of hydrogen-bond donors (Lipinski definition) is 1. The van der Waals surface area contributed by atoms with Gasteiger partial charge in [0.1, 0.15) is 0 Å². The summed E-state index contributed by atoms with van der Waals surface area (Å²) in [5, 5.41) is 10.0. The normalized spacial score (nSPS) is 34.1. The van der Waals surface area contributed by atoms with E-state index in [1.54, 1.807) is 0 Å². The first-order chi connectivity index (χ1) is 7.81. The molecule has 0 bridgehead atoms. The number of aliphatic hydroxyl groups is 1. The van der Waals surface area contributed by atoms with Crippen molar-refractivity contribution in [3.8, 4) is 0 Å². The summed E-state index contributed by atoms with van der Waals surface area (Å²) in [5.41, 5.74) is 0. The maximum Gasteiger partial charge on any atom is 0.0695 e. The van der Waals surface area contributed by atoms with Crippen molar-refractivity contribution in [2.45, 2.75) is 51.2 Å². The molecule has 0 spiro atoms. The first kappa shape index (κ1) is 12.3. The average molecular weight is 226 g/mol. The van der Waals surface area contributed by atoms with E-state index in [0.717, 1.165) is 19.5 Å². The molecule has 16 heavy (non-hydrogen) atoms. The predicted molar refractivity (Wildman–Crippen MR) is 66.6 cm³/mol. The topological polar surface area (TPSA) is 26.7 Å². The van der Waals surface area contributed by atoms with Crippen LogP contribution < -0.4 is 0 Å². The van der Waals surface area contributed by atoms with E-state index in [-0.39, 0.29) is 6.10 Å². The Morgan fingerprint density at radius 2 is 1.75 bits per heavy atom. The van der Waals surface area contributed by atoms with E-state index in [4.69, 9.17) is 0 Å². The van der Waals surface area contributed by atoms with Crippen molar-refractivity contribution in [2.75, 3.05) is 32.7 Å². The second kappa shape index (κ2) is 5.99. The van der Waals surface area contributed by atoms with Gasteiger partial charge in [-0.05, 0) is 25.8 Å². The predicted octanol–water partition coefficient (Wildman–Crippen LogP) is 1.32. The molecule has 3 nitrogen and oxygen atoms in total. The minimum absolute atomic E-state index is 0.0634. The third-order valence-corrected chi connectivity index (χ3v) is 4.11. The minimum atomic E-state index is -0.0634. The van der Waals surface area contributed by atoms with Crippen LogP contribution in [0, 0.1) is 0 Å². The van der Waals surface area contributed by atoms with Gasteiger partial charge in [0, 0.05) is 32.2 Å². The van der Waals surface area contributed by atoms with Crippen LogP contribution in [0.5, 0.6) is 0 Å². The van der Waals surface area contributed by atoms with Crippen LogP contribution in [-0.2, 0) is 0 Å². The first-order valence-electron chi connectivity index (χ1n) is 6.95. The van der Waals surface area contributed by atoms with E-state index in [2.05, 4.69) is 16.7 Å². The lowest BCUT2D eigenvalue weighted by molar-refractivity contribution is -0.00343. The molecule has 0 aromatic heterocycles. The van der Waals surface area contributed by atoms with Gasteiger partial charge in [0.05, 0.1) is 6.10 Å². The van der Waals surface area contributed by atoms with Crippen LogP contribution in [0.15, 0.2) is 0 Å². The smallest absolute Gasteiger partial charge is 0.0695 e. The van der Waals surface area contributed by atoms with Crippen molar-refractivity contribution in [1.82, 2.24) is 9.80 Å². The quantitative estimate of drug-likeness (QED) is 0.786. The van der Waals surface area contributed by atoms with Crippen LogP contribution in [0.1, 0.15) is 39.0 Å². The Hall–Kier alpha value is -0.120. The SMILES string of the molecule is CCCN1CCN([C@H]2CCCC[C@@H]2O)CC1. The Balaban J connectivity index is 1.79. The van der Waals surface area contributed by atoms with Crippen molar-refractivity contribution in [3.63, 3.8) is 0 Å². The lowest BCUT2D eigenvalue weighted by Crippen LogP contribution is -2.54. The third-order valence-electron chi connectivity index (χ3n) is 4.11. The minimum Gasteiger partial charge on any atom is -0.391 e. The number of piperazine rings is 1. The van der Waals surface area contributed by atoms with E-state index in [1.807, 2.05) is 0 Å². The summed E-state index contributed by atoms with van der Waals surface area (Å²) in [6.07, 6.45) is 5.93. The molecule has 0 aromatic rings. The molecule has 2 rings (SSSR count). The van der Waals surface area contributed by atoms with Crippen LogP contribution in [0.3, 0.4) is 0 Å². The molecule has 0 unspecified atom stereocenters. The second-order valence-electron chi connectivity index (χ2n) is 5.30. The Bertz CT molecular complexity index is 202. The van der Waals surface area contributed by atoms with Crippen LogP contribution in [0.2, 0.25) is 0 Å². The van der Waals surface area contributed by atoms with Gasteiger partial charge in [-0.3, -0.25) is 4.90 Å². The molecule has 1 aliphatic heterocycles. The van der Waals surface area contributed by atoms with Crippen molar-refractivity contribution < 1.29 is 5.11 Å². The van der Waals surface area contributed by atoms with Gasteiger partial charge in [-0.2, -0.15) is 0 Å². The second-order valence-corrected chi connectivity index (χ2v) is 5.30. The van der Waals surface area contributed by atoms with Crippen molar-refractivity contribution in [3.05, 3.63) is 0 Å². The van der Waals surface area contributed by atoms with E-state index in [1.165, 1.54) is 45.3 Å². The molecule has 0 radical (unpaired) electrons. The lowest BCUT2D eigenvalue weighted by atomic mass is 9.91. The molecular weight excluding hydrogens is 200 g/mol. The van der Waals surface area contributed by atoms with Gasteiger partial charge in [0.15, 0.2) is 0 Å². The van der Waals surface area contributed by atoms with E-state index < -0.39 is 0 Å². The summed E-state index contributed by atoms with van der Waals surface area (Å²) in [4.78, 5) is 5.07. The molecule has 3 heteroatoms. The number of hydrogen-bond acceptors (Lipinski definition) is 3. The maximum atomic E-state index is 10.0. The highest BCUT2D eigenvalue weighted by Gasteiger charge is 2.30. The average Bonchev–Trinajstić information content (AvgIpc) is 2.31. The van der Waals surface area contributed by atoms with Crippen LogP contribution in [-0.4, -0.2) is 59.8 Å². The van der Waals surface area contributed by atoms with Gasteiger partial charge < -0.3 is 10.0 Å². The highest BCUT2D eigenvalue weighted by molar-refractivity contribution is 4.86. The number of nitrogens with zero attached hydrogens (tertiary/aromatic N) is 2. The summed E-state index contributed by atoms with van der Waals surface area (Å²) >= 11 is 0. The summed E-state index contributed by atoms with van der Waals surface area (Å²) in [6.45, 7) is 8.18. The molecule has 2 fully saturated rings. The van der Waals surface area contributed by atoms with Crippen molar-refractivity contribution in [2.24, 2.45) is 0 Å². The largest absolute Gasteiger partial charge is 0.391 e. The zero-order valence-corrected chi connectivity index (χ0v) is 10.6. The monoisotopic (exact) mass is 226 g/mol. The molecule has 94 valence electrons. The maximum absolute atomic E-state index is 10.0. The summed E-state index contributed by atoms with van der Waals surface area (Å²) in [6, 6.07) is 0.456. The fourth-order valence-corrected chi connectivity index (χ4v) is 3.15. The fraction of sp³-hybridized carbons (Fsp3) is 1.00. The van der Waals surface area contributed by atoms with Gasteiger partial charge in [-0.25, -0.2) is 0 Å². The summed E-state index contributed by atoms with van der Waals surface area (Å²) in [7, 11) is 0. The molecule has 0 aromatic carbocycles. The van der Waals surface area contributed by atoms with Crippen LogP contribution >= 0.6 is 0 Å². The molecule has 2 atom stereocenters. The Morgan fingerprint density at radius 3 is 2.38 bits per heavy atom. The third kappa shape index (κ3) is 2.96. The number of rotatable bonds is 3. The molecule has 1 N–H and O–H groups in total. The zero-order valence-electron chi connectivity index (χ0n) is 10.6. The van der Waals surface area contributed by atoms with Crippen LogP contribution in [0.4, 0.5) is 0 Å². The van der Waals surface area contributed by atoms with Crippen LogP contribution in [0.25, 0.3) is 0 Å². The van der Waals surface area contributed by atoms with E-state index in [0.29, 0.717) is 6.04 Å². The molecule has 1 heterocycles. The zero-order chi connectivity index (χ0) is 11.4. The van der Waals surface area contributed by atoms with Crippen molar-refractivity contribution in [1.29, 1.82) is 0 Å². The van der Waals surface area contributed by atoms with E-state index >= 15 is 0 Å². The Morgan fingerprint density at radius 1 is 1.06 bits per heavy atom. The van der Waals surface area contributed by atoms with E-state index in [9.17, 15) is 5.11 Å². The molecule has 1 saturated heterocycles. The highest BCUT2D eigenvalue weighted by Crippen LogP contribution is 2.24. The van der Waals surface area contributed by atoms with Gasteiger partial charge in [0.25, 0.3) is 0 Å². The fourth-order valence-electron chi connectivity index (χ4n) is 3.15. The summed E-state index contributed by atoms with van der Waals surface area (Å²) in [5.74, 6) is 0. The summed E-state index contributed by atoms with van der Waals surface area (Å²) < 4.78 is 0. The standard InChI is InChI=1S/C13H26N2O/c1-2-7-14-8-10-15(11-9-14)12-5-3-4-6-13(12)16/h12-13,16H,2-11H2,1H3/t12-,13-/m0/s1. The molecule has 1 aliphatic carbocycles.